The Labute approximate surface area is 144 Å². The van der Waals surface area contributed by atoms with Crippen molar-refractivity contribution < 1.29 is 52.9 Å². The molecule has 0 atom stereocenters. The van der Waals surface area contributed by atoms with E-state index in [9.17, 15) is 26.3 Å². The zero-order chi connectivity index (χ0) is 20.2. The molecule has 0 saturated heterocycles. The first-order valence-electron chi connectivity index (χ1n) is 6.72. The van der Waals surface area contributed by atoms with Crippen molar-refractivity contribution >= 4 is 17.6 Å². The Morgan fingerprint density at radius 2 is 0.720 bits per heavy atom. The van der Waals surface area contributed by atoms with Gasteiger partial charge in [0.15, 0.2) is 0 Å². The Balaban J connectivity index is 5.75. The van der Waals surface area contributed by atoms with Crippen LogP contribution in [0.5, 0.6) is 0 Å². The summed E-state index contributed by atoms with van der Waals surface area (Å²) in [6.07, 6.45) is 0. The van der Waals surface area contributed by atoms with Gasteiger partial charge in [-0.1, -0.05) is 0 Å². The van der Waals surface area contributed by atoms with E-state index in [0.29, 0.717) is 0 Å². The van der Waals surface area contributed by atoms with Gasteiger partial charge < -0.3 is 26.6 Å². The van der Waals surface area contributed by atoms with Crippen LogP contribution in [0.2, 0.25) is 12.1 Å². The van der Waals surface area contributed by atoms with Gasteiger partial charge in [-0.3, -0.25) is 0 Å². The third-order valence-electron chi connectivity index (χ3n) is 3.66. The van der Waals surface area contributed by atoms with Crippen LogP contribution in [-0.4, -0.2) is 78.0 Å². The van der Waals surface area contributed by atoms with Crippen molar-refractivity contribution in [2.45, 2.75) is 29.9 Å². The van der Waals surface area contributed by atoms with Crippen LogP contribution in [0.3, 0.4) is 0 Å². The highest BCUT2D eigenvalue weighted by Crippen LogP contribution is 2.52. The molecule has 0 spiro atoms. The molecule has 0 aliphatic carbocycles. The molecule has 0 N–H and O–H groups in total. The first-order valence-corrected chi connectivity index (χ1v) is 10.6. The average molecular weight is 420 g/mol. The molecule has 0 aromatic heterocycles. The summed E-state index contributed by atoms with van der Waals surface area (Å²) >= 11 is 0. The lowest BCUT2D eigenvalue weighted by molar-refractivity contribution is -0.300. The number of hydrogen-bond donors (Lipinski definition) is 0. The van der Waals surface area contributed by atoms with Crippen LogP contribution in [0.1, 0.15) is 0 Å². The second kappa shape index (κ2) is 8.64. The summed E-state index contributed by atoms with van der Waals surface area (Å²) in [5.74, 6) is -16.2. The number of alkyl halides is 6. The second-order valence-corrected chi connectivity index (χ2v) is 10.8. The Kier molecular flexibility index (Phi) is 8.56. The van der Waals surface area contributed by atoms with Crippen molar-refractivity contribution in [3.63, 3.8) is 0 Å². The molecule has 25 heavy (non-hydrogen) atoms. The predicted molar refractivity (Wildman–Crippen MR) is 78.0 cm³/mol. The molecule has 0 fully saturated rings. The molecule has 0 saturated carbocycles. The molecular weight excluding hydrogens is 398 g/mol. The van der Waals surface area contributed by atoms with E-state index in [1.165, 1.54) is 0 Å². The molecule has 0 unspecified atom stereocenters. The van der Waals surface area contributed by atoms with Crippen LogP contribution in [0.15, 0.2) is 0 Å². The Morgan fingerprint density at radius 3 is 0.880 bits per heavy atom. The lowest BCUT2D eigenvalue weighted by Gasteiger charge is -2.38. The van der Waals surface area contributed by atoms with Crippen LogP contribution in [0.25, 0.3) is 0 Å². The minimum Gasteiger partial charge on any atom is -0.377 e. The normalized spacial score (nSPS) is 14.9. The molecule has 6 nitrogen and oxygen atoms in total. The third kappa shape index (κ3) is 4.94. The number of hydrogen-bond acceptors (Lipinski definition) is 6. The van der Waals surface area contributed by atoms with Crippen LogP contribution < -0.4 is 0 Å². The maximum Gasteiger partial charge on any atom is 0.506 e. The van der Waals surface area contributed by atoms with Crippen molar-refractivity contribution in [3.05, 3.63) is 0 Å². The molecule has 0 radical (unpaired) electrons. The highest BCUT2D eigenvalue weighted by molar-refractivity contribution is 6.61. The van der Waals surface area contributed by atoms with Crippen LogP contribution in [-0.2, 0) is 26.6 Å². The topological polar surface area (TPSA) is 55.4 Å². The molecular formula is C11H22F6O6Si2. The Bertz CT molecular complexity index is 367. The molecule has 0 aliphatic heterocycles. The monoisotopic (exact) mass is 420 g/mol. The van der Waals surface area contributed by atoms with Crippen LogP contribution in [0.4, 0.5) is 26.3 Å². The van der Waals surface area contributed by atoms with E-state index in [2.05, 4.69) is 26.6 Å². The summed E-state index contributed by atoms with van der Waals surface area (Å²) in [7, 11) is -3.18. The van der Waals surface area contributed by atoms with Gasteiger partial charge in [0.1, 0.15) is 0 Å². The van der Waals surface area contributed by atoms with Gasteiger partial charge in [-0.05, 0) is 0 Å². The SMILES string of the molecule is CO[Si](CC(F)(F)C(F)(F)C(F)(F)C[Si](OC)(OC)OC)(OC)OC. The summed E-state index contributed by atoms with van der Waals surface area (Å²) in [5, 5.41) is 0. The van der Waals surface area contributed by atoms with Gasteiger partial charge in [0.2, 0.25) is 0 Å². The third-order valence-corrected chi connectivity index (χ3v) is 9.15. The van der Waals surface area contributed by atoms with Crippen LogP contribution >= 0.6 is 0 Å². The van der Waals surface area contributed by atoms with Gasteiger partial charge >= 0.3 is 35.4 Å². The van der Waals surface area contributed by atoms with E-state index in [-0.39, 0.29) is 0 Å². The van der Waals surface area contributed by atoms with Gasteiger partial charge in [-0.15, -0.1) is 0 Å². The highest BCUT2D eigenvalue weighted by atomic mass is 28.4. The molecule has 0 aromatic rings. The van der Waals surface area contributed by atoms with Crippen molar-refractivity contribution in [2.75, 3.05) is 42.7 Å². The molecule has 0 amide bonds. The molecule has 0 aromatic carbocycles. The van der Waals surface area contributed by atoms with E-state index in [0.717, 1.165) is 42.7 Å². The van der Waals surface area contributed by atoms with Gasteiger partial charge in [-0.25, -0.2) is 0 Å². The largest absolute Gasteiger partial charge is 0.506 e. The molecule has 0 rings (SSSR count). The second-order valence-electron chi connectivity index (χ2n) is 4.93. The summed E-state index contributed by atoms with van der Waals surface area (Å²) in [6.45, 7) is 0. The predicted octanol–water partition coefficient (Wildman–Crippen LogP) is 2.65. The fraction of sp³-hybridized carbons (Fsp3) is 1.00. The van der Waals surface area contributed by atoms with Crippen molar-refractivity contribution in [1.82, 2.24) is 0 Å². The standard InChI is InChI=1S/C11H22F6O6Si2/c1-18-24(19-2,20-3)7-9(12,13)11(16,17)10(14,15)8-25(21-4,22-5)23-6/h7-8H2,1-6H3. The number of rotatable bonds is 12. The van der Waals surface area contributed by atoms with E-state index in [4.69, 9.17) is 0 Å². The van der Waals surface area contributed by atoms with Gasteiger partial charge in [0, 0.05) is 42.7 Å². The summed E-state index contributed by atoms with van der Waals surface area (Å²) in [6, 6.07) is -3.71. The molecule has 152 valence electrons. The summed E-state index contributed by atoms with van der Waals surface area (Å²) in [4.78, 5) is 0. The minimum absolute atomic E-state index is 0.893. The summed E-state index contributed by atoms with van der Waals surface area (Å²) < 4.78 is 112. The Morgan fingerprint density at radius 1 is 0.520 bits per heavy atom. The molecule has 0 aliphatic rings. The first-order chi connectivity index (χ1) is 11.3. The highest BCUT2D eigenvalue weighted by Gasteiger charge is 2.75. The molecule has 0 bridgehead atoms. The van der Waals surface area contributed by atoms with E-state index >= 15 is 0 Å². The fourth-order valence-electron chi connectivity index (χ4n) is 1.97. The van der Waals surface area contributed by atoms with E-state index in [1.807, 2.05) is 0 Å². The van der Waals surface area contributed by atoms with Crippen molar-refractivity contribution in [1.29, 1.82) is 0 Å². The van der Waals surface area contributed by atoms with Gasteiger partial charge in [-0.2, -0.15) is 26.3 Å². The lowest BCUT2D eigenvalue weighted by atomic mass is 10.1. The van der Waals surface area contributed by atoms with E-state index in [1.54, 1.807) is 0 Å². The zero-order valence-electron chi connectivity index (χ0n) is 14.6. The molecule has 0 heterocycles. The first kappa shape index (κ1) is 24.8. The molecule has 14 heteroatoms. The summed E-state index contributed by atoms with van der Waals surface area (Å²) in [5.41, 5.74) is 0. The van der Waals surface area contributed by atoms with Crippen molar-refractivity contribution in [2.24, 2.45) is 0 Å². The Hall–Kier alpha value is -0.226. The lowest BCUT2D eigenvalue weighted by Crippen LogP contribution is -2.62. The van der Waals surface area contributed by atoms with Crippen LogP contribution in [0, 0.1) is 0 Å². The fourth-order valence-corrected chi connectivity index (χ4v) is 5.36. The maximum absolute atomic E-state index is 14.1. The quantitative estimate of drug-likeness (QED) is 0.357. The smallest absolute Gasteiger partial charge is 0.377 e. The van der Waals surface area contributed by atoms with Gasteiger partial charge in [0.25, 0.3) is 0 Å². The maximum atomic E-state index is 14.1. The average Bonchev–Trinajstić information content (AvgIpc) is 2.57. The van der Waals surface area contributed by atoms with Crippen molar-refractivity contribution in [3.8, 4) is 0 Å². The minimum atomic E-state index is -5.78. The van der Waals surface area contributed by atoms with Gasteiger partial charge in [0.05, 0.1) is 12.1 Å². The number of halogens is 6. The zero-order valence-corrected chi connectivity index (χ0v) is 16.6. The van der Waals surface area contributed by atoms with E-state index < -0.39 is 47.5 Å².